The maximum atomic E-state index is 14.0. The molecule has 7 heteroatoms. The maximum Gasteiger partial charge on any atom is 0.341 e. The second kappa shape index (κ2) is 7.85. The molecule has 2 N–H and O–H groups in total. The SMILES string of the molecule is CCOC(=O)c1cnn(-c2ccccc2F)c1CNC(C)CO. The summed E-state index contributed by atoms with van der Waals surface area (Å²) in [6.07, 6.45) is 1.37. The van der Waals surface area contributed by atoms with Crippen LogP contribution in [0.1, 0.15) is 29.9 Å². The molecule has 0 amide bonds. The van der Waals surface area contributed by atoms with Crippen molar-refractivity contribution in [2.45, 2.75) is 26.4 Å². The summed E-state index contributed by atoms with van der Waals surface area (Å²) >= 11 is 0. The number of para-hydroxylation sites is 1. The van der Waals surface area contributed by atoms with Gasteiger partial charge in [-0.3, -0.25) is 0 Å². The number of aromatic nitrogens is 2. The van der Waals surface area contributed by atoms with E-state index in [2.05, 4.69) is 10.4 Å². The molecule has 23 heavy (non-hydrogen) atoms. The summed E-state index contributed by atoms with van der Waals surface area (Å²) in [6.45, 7) is 3.94. The molecule has 6 nitrogen and oxygen atoms in total. The summed E-state index contributed by atoms with van der Waals surface area (Å²) in [5, 5.41) is 16.3. The molecule has 0 spiro atoms. The summed E-state index contributed by atoms with van der Waals surface area (Å²) in [5.74, 6) is -0.953. The van der Waals surface area contributed by atoms with Crippen LogP contribution in [0.15, 0.2) is 30.5 Å². The topological polar surface area (TPSA) is 76.4 Å². The fourth-order valence-corrected chi connectivity index (χ4v) is 2.09. The van der Waals surface area contributed by atoms with Crippen molar-refractivity contribution in [3.63, 3.8) is 0 Å². The van der Waals surface area contributed by atoms with Crippen molar-refractivity contribution in [3.05, 3.63) is 47.5 Å². The van der Waals surface area contributed by atoms with Crippen LogP contribution in [0.5, 0.6) is 0 Å². The Bertz CT molecular complexity index is 672. The zero-order chi connectivity index (χ0) is 16.8. The van der Waals surface area contributed by atoms with Crippen molar-refractivity contribution in [2.75, 3.05) is 13.2 Å². The van der Waals surface area contributed by atoms with Crippen LogP contribution in [0.25, 0.3) is 5.69 Å². The number of aliphatic hydroxyl groups is 1. The molecule has 2 aromatic rings. The van der Waals surface area contributed by atoms with Crippen LogP contribution < -0.4 is 5.32 Å². The predicted octanol–water partition coefficient (Wildman–Crippen LogP) is 1.66. The summed E-state index contributed by atoms with van der Waals surface area (Å²) in [4.78, 5) is 12.1. The molecular weight excluding hydrogens is 301 g/mol. The largest absolute Gasteiger partial charge is 0.462 e. The van der Waals surface area contributed by atoms with Crippen molar-refractivity contribution in [2.24, 2.45) is 0 Å². The Kier molecular flexibility index (Phi) is 5.84. The zero-order valence-electron chi connectivity index (χ0n) is 13.1. The van der Waals surface area contributed by atoms with Crippen LogP contribution in [0, 0.1) is 5.82 Å². The Labute approximate surface area is 133 Å². The van der Waals surface area contributed by atoms with Gasteiger partial charge in [0.1, 0.15) is 17.1 Å². The molecule has 0 radical (unpaired) electrons. The number of hydrogen-bond donors (Lipinski definition) is 2. The normalized spacial score (nSPS) is 12.2. The van der Waals surface area contributed by atoms with Gasteiger partial charge in [-0.1, -0.05) is 12.1 Å². The summed E-state index contributed by atoms with van der Waals surface area (Å²) in [5.41, 5.74) is 0.998. The van der Waals surface area contributed by atoms with Crippen molar-refractivity contribution in [3.8, 4) is 5.69 Å². The number of esters is 1. The van der Waals surface area contributed by atoms with Crippen molar-refractivity contribution in [1.29, 1.82) is 0 Å². The minimum Gasteiger partial charge on any atom is -0.462 e. The number of carbonyl (C=O) groups excluding carboxylic acids is 1. The van der Waals surface area contributed by atoms with Gasteiger partial charge in [-0.05, 0) is 26.0 Å². The minimum absolute atomic E-state index is 0.0530. The van der Waals surface area contributed by atoms with Gasteiger partial charge in [0.15, 0.2) is 0 Å². The quantitative estimate of drug-likeness (QED) is 0.759. The molecule has 0 fully saturated rings. The van der Waals surface area contributed by atoms with Crippen LogP contribution in [0.3, 0.4) is 0 Å². The highest BCUT2D eigenvalue weighted by molar-refractivity contribution is 5.90. The van der Waals surface area contributed by atoms with Gasteiger partial charge in [0, 0.05) is 12.6 Å². The van der Waals surface area contributed by atoms with E-state index < -0.39 is 11.8 Å². The lowest BCUT2D eigenvalue weighted by molar-refractivity contribution is 0.0524. The highest BCUT2D eigenvalue weighted by atomic mass is 19.1. The number of hydrogen-bond acceptors (Lipinski definition) is 5. The first kappa shape index (κ1) is 17.1. The van der Waals surface area contributed by atoms with E-state index in [-0.39, 0.29) is 37.1 Å². The van der Waals surface area contributed by atoms with E-state index in [1.54, 1.807) is 32.0 Å². The Morgan fingerprint density at radius 2 is 2.22 bits per heavy atom. The number of rotatable bonds is 7. The third-order valence-corrected chi connectivity index (χ3v) is 3.34. The first-order chi connectivity index (χ1) is 11.1. The van der Waals surface area contributed by atoms with E-state index in [0.717, 1.165) is 0 Å². The number of carbonyl (C=O) groups is 1. The average molecular weight is 321 g/mol. The molecule has 0 aliphatic heterocycles. The predicted molar refractivity (Wildman–Crippen MR) is 82.9 cm³/mol. The highest BCUT2D eigenvalue weighted by Crippen LogP contribution is 2.18. The molecule has 1 heterocycles. The Morgan fingerprint density at radius 3 is 2.87 bits per heavy atom. The molecule has 0 aliphatic carbocycles. The molecule has 0 saturated carbocycles. The second-order valence-electron chi connectivity index (χ2n) is 5.05. The Hall–Kier alpha value is -2.25. The molecule has 0 aliphatic rings. The lowest BCUT2D eigenvalue weighted by Gasteiger charge is -2.14. The molecule has 1 atom stereocenters. The summed E-state index contributed by atoms with van der Waals surface area (Å²) < 4.78 is 20.4. The number of aliphatic hydroxyl groups excluding tert-OH is 1. The van der Waals surface area contributed by atoms with Crippen LogP contribution in [-0.4, -0.2) is 40.1 Å². The molecular formula is C16H20FN3O3. The van der Waals surface area contributed by atoms with Crippen LogP contribution in [0.4, 0.5) is 4.39 Å². The first-order valence-corrected chi connectivity index (χ1v) is 7.41. The second-order valence-corrected chi connectivity index (χ2v) is 5.05. The van der Waals surface area contributed by atoms with Gasteiger partial charge >= 0.3 is 5.97 Å². The van der Waals surface area contributed by atoms with E-state index in [4.69, 9.17) is 9.84 Å². The summed E-state index contributed by atoms with van der Waals surface area (Å²) in [7, 11) is 0. The Balaban J connectivity index is 2.42. The van der Waals surface area contributed by atoms with Crippen molar-refractivity contribution >= 4 is 5.97 Å². The smallest absolute Gasteiger partial charge is 0.341 e. The molecule has 1 aromatic heterocycles. The average Bonchev–Trinajstić information content (AvgIpc) is 2.97. The standard InChI is InChI=1S/C16H20FN3O3/c1-3-23-16(22)12-8-19-20(14-7-5-4-6-13(14)17)15(12)9-18-11(2)10-21/h4-8,11,18,21H,3,9-10H2,1-2H3. The van der Waals surface area contributed by atoms with E-state index in [1.807, 2.05) is 0 Å². The molecule has 0 bridgehead atoms. The van der Waals surface area contributed by atoms with E-state index in [9.17, 15) is 9.18 Å². The van der Waals surface area contributed by atoms with Gasteiger partial charge in [0.25, 0.3) is 0 Å². The van der Waals surface area contributed by atoms with Gasteiger partial charge in [0.2, 0.25) is 0 Å². The monoisotopic (exact) mass is 321 g/mol. The van der Waals surface area contributed by atoms with Crippen LogP contribution in [0.2, 0.25) is 0 Å². The van der Waals surface area contributed by atoms with Gasteiger partial charge in [0.05, 0.1) is 25.1 Å². The highest BCUT2D eigenvalue weighted by Gasteiger charge is 2.21. The van der Waals surface area contributed by atoms with Gasteiger partial charge in [-0.25, -0.2) is 13.9 Å². The molecule has 124 valence electrons. The Morgan fingerprint density at radius 1 is 1.48 bits per heavy atom. The minimum atomic E-state index is -0.511. The lowest BCUT2D eigenvalue weighted by atomic mass is 10.2. The fourth-order valence-electron chi connectivity index (χ4n) is 2.09. The van der Waals surface area contributed by atoms with Gasteiger partial charge in [-0.2, -0.15) is 5.10 Å². The van der Waals surface area contributed by atoms with Gasteiger partial charge < -0.3 is 15.2 Å². The third-order valence-electron chi connectivity index (χ3n) is 3.34. The molecule has 2 rings (SSSR count). The van der Waals surface area contributed by atoms with E-state index in [0.29, 0.717) is 5.69 Å². The number of nitrogens with one attached hydrogen (secondary N) is 1. The van der Waals surface area contributed by atoms with Crippen LogP contribution in [-0.2, 0) is 11.3 Å². The number of ether oxygens (including phenoxy) is 1. The van der Waals surface area contributed by atoms with Crippen molar-refractivity contribution < 1.29 is 19.0 Å². The maximum absolute atomic E-state index is 14.0. The van der Waals surface area contributed by atoms with E-state index in [1.165, 1.54) is 16.9 Å². The third kappa shape index (κ3) is 3.94. The number of benzene rings is 1. The fraction of sp³-hybridized carbons (Fsp3) is 0.375. The van der Waals surface area contributed by atoms with E-state index >= 15 is 0 Å². The van der Waals surface area contributed by atoms with Gasteiger partial charge in [-0.15, -0.1) is 0 Å². The number of nitrogens with zero attached hydrogens (tertiary/aromatic N) is 2. The summed E-state index contributed by atoms with van der Waals surface area (Å²) in [6, 6.07) is 6.01. The molecule has 0 saturated heterocycles. The molecule has 1 aromatic carbocycles. The number of halogens is 1. The van der Waals surface area contributed by atoms with Crippen molar-refractivity contribution in [1.82, 2.24) is 15.1 Å². The van der Waals surface area contributed by atoms with Crippen LogP contribution >= 0.6 is 0 Å². The lowest BCUT2D eigenvalue weighted by Crippen LogP contribution is -2.30. The first-order valence-electron chi connectivity index (χ1n) is 7.41. The molecule has 1 unspecified atom stereocenters. The zero-order valence-corrected chi connectivity index (χ0v) is 13.1.